The number of hydrogen-bond acceptors (Lipinski definition) is 4. The Morgan fingerprint density at radius 2 is 2.11 bits per heavy atom. The molecule has 8 heteroatoms. The van der Waals surface area contributed by atoms with Crippen molar-refractivity contribution >= 4 is 35.8 Å². The molecule has 1 unspecified atom stereocenters. The van der Waals surface area contributed by atoms with Gasteiger partial charge in [0.25, 0.3) is 0 Å². The van der Waals surface area contributed by atoms with Crippen molar-refractivity contribution in [1.29, 1.82) is 0 Å². The zero-order valence-corrected chi connectivity index (χ0v) is 13.3. The zero-order chi connectivity index (χ0) is 14.1. The van der Waals surface area contributed by atoms with E-state index in [1.807, 2.05) is 0 Å². The highest BCUT2D eigenvalue weighted by molar-refractivity contribution is 9.10. The van der Waals surface area contributed by atoms with Gasteiger partial charge in [0.1, 0.15) is 0 Å². The molecule has 106 valence electrons. The predicted octanol–water partition coefficient (Wildman–Crippen LogP) is 1.16. The fourth-order valence-electron chi connectivity index (χ4n) is 1.98. The summed E-state index contributed by atoms with van der Waals surface area (Å²) in [6.45, 7) is 0.161. The minimum absolute atomic E-state index is 0.0635. The van der Waals surface area contributed by atoms with E-state index >= 15 is 0 Å². The molecule has 0 radical (unpaired) electrons. The Morgan fingerprint density at radius 3 is 2.68 bits per heavy atom. The van der Waals surface area contributed by atoms with Crippen molar-refractivity contribution in [3.05, 3.63) is 28.7 Å². The smallest absolute Gasteiger partial charge is 0.229 e. The van der Waals surface area contributed by atoms with E-state index < -0.39 is 19.9 Å². The summed E-state index contributed by atoms with van der Waals surface area (Å²) in [4.78, 5) is 0.169. The summed E-state index contributed by atoms with van der Waals surface area (Å²) in [5.41, 5.74) is 0. The zero-order valence-electron chi connectivity index (χ0n) is 10.0. The van der Waals surface area contributed by atoms with Crippen LogP contribution in [-0.4, -0.2) is 34.9 Å². The van der Waals surface area contributed by atoms with Crippen molar-refractivity contribution in [3.63, 3.8) is 0 Å². The van der Waals surface area contributed by atoms with Gasteiger partial charge in [-0.3, -0.25) is 0 Å². The largest absolute Gasteiger partial charge is 0.240 e. The first-order chi connectivity index (χ1) is 8.78. The molecule has 2 rings (SSSR count). The SMILES string of the molecule is O=S1(=O)CCC(CNS(=O)(=O)c2cccc(Br)c2)C1. The van der Waals surface area contributed by atoms with Crippen LogP contribution in [0.5, 0.6) is 0 Å². The number of nitrogens with one attached hydrogen (secondary N) is 1. The van der Waals surface area contributed by atoms with Gasteiger partial charge in [-0.15, -0.1) is 0 Å². The Balaban J connectivity index is 2.03. The number of benzene rings is 1. The van der Waals surface area contributed by atoms with Crippen LogP contribution in [0.25, 0.3) is 0 Å². The van der Waals surface area contributed by atoms with Gasteiger partial charge < -0.3 is 0 Å². The number of sulfonamides is 1. The van der Waals surface area contributed by atoms with Gasteiger partial charge in [0, 0.05) is 11.0 Å². The summed E-state index contributed by atoms with van der Waals surface area (Å²) in [7, 11) is -6.56. The van der Waals surface area contributed by atoms with Crippen molar-refractivity contribution in [1.82, 2.24) is 4.72 Å². The van der Waals surface area contributed by atoms with Gasteiger partial charge in [-0.2, -0.15) is 0 Å². The Morgan fingerprint density at radius 1 is 1.37 bits per heavy atom. The van der Waals surface area contributed by atoms with E-state index in [4.69, 9.17) is 0 Å². The maximum absolute atomic E-state index is 12.0. The van der Waals surface area contributed by atoms with Crippen molar-refractivity contribution in [2.24, 2.45) is 5.92 Å². The lowest BCUT2D eigenvalue weighted by Gasteiger charge is -2.10. The molecular weight excluding hydrogens is 354 g/mol. The standard InChI is InChI=1S/C11H14BrNO4S2/c12-10-2-1-3-11(6-10)19(16,17)13-7-9-4-5-18(14,15)8-9/h1-3,6,9,13H,4-5,7-8H2. The molecule has 1 saturated heterocycles. The van der Waals surface area contributed by atoms with Crippen LogP contribution >= 0.6 is 15.9 Å². The van der Waals surface area contributed by atoms with E-state index in [0.29, 0.717) is 10.9 Å². The quantitative estimate of drug-likeness (QED) is 0.865. The highest BCUT2D eigenvalue weighted by atomic mass is 79.9. The maximum Gasteiger partial charge on any atom is 0.240 e. The van der Waals surface area contributed by atoms with E-state index in [9.17, 15) is 16.8 Å². The van der Waals surface area contributed by atoms with Gasteiger partial charge in [-0.1, -0.05) is 22.0 Å². The first-order valence-electron chi connectivity index (χ1n) is 5.74. The van der Waals surface area contributed by atoms with E-state index in [0.717, 1.165) is 0 Å². The molecule has 0 aromatic heterocycles. The molecule has 0 bridgehead atoms. The number of rotatable bonds is 4. The van der Waals surface area contributed by atoms with E-state index in [2.05, 4.69) is 20.7 Å². The third kappa shape index (κ3) is 4.01. The van der Waals surface area contributed by atoms with Crippen LogP contribution < -0.4 is 4.72 Å². The summed E-state index contributed by atoms with van der Waals surface area (Å²) in [6, 6.07) is 6.38. The van der Waals surface area contributed by atoms with Gasteiger partial charge in [-0.05, 0) is 30.5 Å². The van der Waals surface area contributed by atoms with Crippen LogP contribution in [0.2, 0.25) is 0 Å². The molecule has 1 heterocycles. The number of sulfone groups is 1. The summed E-state index contributed by atoms with van der Waals surface area (Å²) in [5, 5.41) is 0. The lowest BCUT2D eigenvalue weighted by atomic mass is 10.1. The summed E-state index contributed by atoms with van der Waals surface area (Å²) < 4.78 is 49.8. The van der Waals surface area contributed by atoms with E-state index in [1.54, 1.807) is 12.1 Å². The molecule has 0 amide bonds. The molecule has 0 aliphatic carbocycles. The molecule has 1 aromatic carbocycles. The lowest BCUT2D eigenvalue weighted by molar-refractivity contribution is 0.543. The van der Waals surface area contributed by atoms with Gasteiger partial charge in [0.15, 0.2) is 9.84 Å². The summed E-state index contributed by atoms with van der Waals surface area (Å²) in [5.74, 6) is 0.0801. The fraction of sp³-hybridized carbons (Fsp3) is 0.455. The van der Waals surface area contributed by atoms with Crippen molar-refractivity contribution in [2.75, 3.05) is 18.1 Å². The maximum atomic E-state index is 12.0. The van der Waals surface area contributed by atoms with Crippen LogP contribution in [0.4, 0.5) is 0 Å². The second-order valence-corrected chi connectivity index (χ2v) is 9.49. The predicted molar refractivity (Wildman–Crippen MR) is 76.1 cm³/mol. The van der Waals surface area contributed by atoms with Crippen LogP contribution in [0.15, 0.2) is 33.6 Å². The second-order valence-electron chi connectivity index (χ2n) is 4.58. The molecule has 1 aromatic rings. The average molecular weight is 368 g/mol. The topological polar surface area (TPSA) is 80.3 Å². The molecule has 1 aliphatic rings. The average Bonchev–Trinajstić information content (AvgIpc) is 2.67. The highest BCUT2D eigenvalue weighted by Crippen LogP contribution is 2.19. The Labute approximate surface area is 121 Å². The minimum Gasteiger partial charge on any atom is -0.229 e. The highest BCUT2D eigenvalue weighted by Gasteiger charge is 2.28. The van der Waals surface area contributed by atoms with Gasteiger partial charge in [0.05, 0.1) is 16.4 Å². The fourth-order valence-corrected chi connectivity index (χ4v) is 5.55. The van der Waals surface area contributed by atoms with Gasteiger partial charge in [0.2, 0.25) is 10.0 Å². The third-order valence-electron chi connectivity index (χ3n) is 3.00. The van der Waals surface area contributed by atoms with Crippen LogP contribution in [0, 0.1) is 5.92 Å². The van der Waals surface area contributed by atoms with Gasteiger partial charge in [-0.25, -0.2) is 21.6 Å². The molecule has 1 fully saturated rings. The van der Waals surface area contributed by atoms with Crippen molar-refractivity contribution in [2.45, 2.75) is 11.3 Å². The van der Waals surface area contributed by atoms with Crippen LogP contribution in [0.1, 0.15) is 6.42 Å². The minimum atomic E-state index is -3.58. The lowest BCUT2D eigenvalue weighted by Crippen LogP contribution is -2.29. The Hall–Kier alpha value is -0.440. The Bertz CT molecular complexity index is 670. The van der Waals surface area contributed by atoms with Crippen molar-refractivity contribution in [3.8, 4) is 0 Å². The Kier molecular flexibility index (Phi) is 4.34. The molecule has 1 aliphatic heterocycles. The summed E-state index contributed by atoms with van der Waals surface area (Å²) >= 11 is 3.22. The molecule has 1 N–H and O–H groups in total. The number of halogens is 1. The molecule has 0 saturated carbocycles. The molecule has 19 heavy (non-hydrogen) atoms. The second kappa shape index (κ2) is 5.51. The monoisotopic (exact) mass is 367 g/mol. The molecular formula is C11H14BrNO4S2. The first-order valence-corrected chi connectivity index (χ1v) is 9.84. The first kappa shape index (κ1) is 15.0. The number of hydrogen-bond donors (Lipinski definition) is 1. The van der Waals surface area contributed by atoms with Crippen molar-refractivity contribution < 1.29 is 16.8 Å². The van der Waals surface area contributed by atoms with E-state index in [1.165, 1.54) is 12.1 Å². The molecule has 0 spiro atoms. The van der Waals surface area contributed by atoms with Gasteiger partial charge >= 0.3 is 0 Å². The third-order valence-corrected chi connectivity index (χ3v) is 6.75. The van der Waals surface area contributed by atoms with E-state index in [-0.39, 0.29) is 28.9 Å². The summed E-state index contributed by atoms with van der Waals surface area (Å²) in [6.07, 6.45) is 0.517. The van der Waals surface area contributed by atoms with Crippen LogP contribution in [0.3, 0.4) is 0 Å². The normalized spacial score (nSPS) is 22.5. The molecule has 1 atom stereocenters. The molecule has 5 nitrogen and oxygen atoms in total. The van der Waals surface area contributed by atoms with Crippen LogP contribution in [-0.2, 0) is 19.9 Å².